The summed E-state index contributed by atoms with van der Waals surface area (Å²) in [4.78, 5) is 5.64. The summed E-state index contributed by atoms with van der Waals surface area (Å²) in [7, 11) is 1.75. The lowest BCUT2D eigenvalue weighted by Crippen LogP contribution is -2.59. The molecule has 4 fully saturated rings. The van der Waals surface area contributed by atoms with Gasteiger partial charge in [-0.05, 0) is 91.8 Å². The summed E-state index contributed by atoms with van der Waals surface area (Å²) in [6, 6.07) is 19.5. The quantitative estimate of drug-likeness (QED) is 0.579. The fourth-order valence-corrected chi connectivity index (χ4v) is 7.66. The predicted molar refractivity (Wildman–Crippen MR) is 143 cm³/mol. The van der Waals surface area contributed by atoms with E-state index in [4.69, 9.17) is 4.74 Å². The van der Waals surface area contributed by atoms with Gasteiger partial charge in [-0.1, -0.05) is 49.2 Å². The van der Waals surface area contributed by atoms with Crippen LogP contribution in [0.25, 0.3) is 0 Å². The van der Waals surface area contributed by atoms with Gasteiger partial charge in [-0.2, -0.15) is 0 Å². The highest BCUT2D eigenvalue weighted by atomic mass is 16.5. The molecule has 2 saturated carbocycles. The smallest absolute Gasteiger partial charge is 0.118 e. The molecule has 188 valence electrons. The molecule has 2 aromatic carbocycles. The molecule has 1 N–H and O–H groups in total. The Morgan fingerprint density at radius 1 is 0.914 bits per heavy atom. The lowest BCUT2D eigenvalue weighted by Gasteiger charge is -2.57. The van der Waals surface area contributed by atoms with Gasteiger partial charge in [0.1, 0.15) is 5.75 Å². The SMILES string of the molecule is COc1ccc(CN2CCN(C3CC4(CCNCC4)C3)C(c3ccccc3C3CCCC3)C2)cc1. The monoisotopic (exact) mass is 473 g/mol. The number of ether oxygens (including phenoxy) is 1. The Bertz CT molecular complexity index is 969. The van der Waals surface area contributed by atoms with Crippen molar-refractivity contribution in [3.8, 4) is 5.75 Å². The van der Waals surface area contributed by atoms with E-state index in [0.717, 1.165) is 30.8 Å². The molecule has 4 aliphatic rings. The highest BCUT2D eigenvalue weighted by molar-refractivity contribution is 5.35. The van der Waals surface area contributed by atoms with Crippen molar-refractivity contribution in [2.45, 2.75) is 75.9 Å². The third-order valence-electron chi connectivity index (χ3n) is 9.69. The summed E-state index contributed by atoms with van der Waals surface area (Å²) < 4.78 is 5.38. The molecule has 35 heavy (non-hydrogen) atoms. The molecule has 0 aromatic heterocycles. The van der Waals surface area contributed by atoms with Crippen LogP contribution in [0.15, 0.2) is 48.5 Å². The molecule has 1 unspecified atom stereocenters. The van der Waals surface area contributed by atoms with E-state index in [1.54, 1.807) is 18.2 Å². The number of methoxy groups -OCH3 is 1. The average Bonchev–Trinajstić information content (AvgIpc) is 3.43. The Kier molecular flexibility index (Phi) is 6.88. The molecule has 4 heteroatoms. The van der Waals surface area contributed by atoms with Crippen LogP contribution in [0.1, 0.15) is 80.0 Å². The third-order valence-corrected chi connectivity index (χ3v) is 9.69. The molecule has 2 saturated heterocycles. The van der Waals surface area contributed by atoms with Gasteiger partial charge in [0.15, 0.2) is 0 Å². The van der Waals surface area contributed by atoms with Crippen LogP contribution in [0.5, 0.6) is 5.75 Å². The Morgan fingerprint density at radius 2 is 1.63 bits per heavy atom. The number of nitrogens with zero attached hydrogens (tertiary/aromatic N) is 2. The Hall–Kier alpha value is -1.88. The zero-order chi connectivity index (χ0) is 23.7. The number of hydrogen-bond acceptors (Lipinski definition) is 4. The van der Waals surface area contributed by atoms with E-state index >= 15 is 0 Å². The van der Waals surface area contributed by atoms with Gasteiger partial charge in [-0.3, -0.25) is 9.80 Å². The summed E-state index contributed by atoms with van der Waals surface area (Å²) in [6.07, 6.45) is 11.1. The first-order valence-electron chi connectivity index (χ1n) is 14.1. The van der Waals surface area contributed by atoms with Crippen LogP contribution in [0, 0.1) is 5.41 Å². The largest absolute Gasteiger partial charge is 0.497 e. The second-order valence-electron chi connectivity index (χ2n) is 11.8. The molecular formula is C31H43N3O. The normalized spacial score (nSPS) is 26.1. The number of rotatable bonds is 6. The number of hydrogen-bond donors (Lipinski definition) is 1. The minimum Gasteiger partial charge on any atom is -0.497 e. The van der Waals surface area contributed by atoms with E-state index in [1.807, 2.05) is 0 Å². The summed E-state index contributed by atoms with van der Waals surface area (Å²) >= 11 is 0. The van der Waals surface area contributed by atoms with Gasteiger partial charge in [0.2, 0.25) is 0 Å². The molecule has 2 aromatic rings. The Balaban J connectivity index is 1.24. The van der Waals surface area contributed by atoms with E-state index in [0.29, 0.717) is 11.5 Å². The third kappa shape index (κ3) is 4.90. The first kappa shape index (κ1) is 23.5. The fraction of sp³-hybridized carbons (Fsp3) is 0.613. The van der Waals surface area contributed by atoms with Crippen LogP contribution in [0.2, 0.25) is 0 Å². The standard InChI is InChI=1S/C31H43N3O/c1-35-27-12-10-24(11-13-27)22-33-18-19-34(26-20-31(21-26)14-16-32-17-15-31)30(23-33)29-9-5-4-8-28(29)25-6-2-3-7-25/h4-5,8-13,25-26,30,32H,2-3,6-7,14-23H2,1H3. The highest BCUT2D eigenvalue weighted by Gasteiger charge is 2.49. The van der Waals surface area contributed by atoms with Crippen molar-refractivity contribution in [3.05, 3.63) is 65.2 Å². The van der Waals surface area contributed by atoms with Crippen LogP contribution in [0.3, 0.4) is 0 Å². The lowest BCUT2D eigenvalue weighted by molar-refractivity contribution is -0.0650. The minimum absolute atomic E-state index is 0.517. The lowest BCUT2D eigenvalue weighted by atomic mass is 9.60. The molecule has 0 bridgehead atoms. The number of piperazine rings is 1. The zero-order valence-electron chi connectivity index (χ0n) is 21.6. The van der Waals surface area contributed by atoms with Crippen molar-refractivity contribution >= 4 is 0 Å². The molecule has 0 radical (unpaired) electrons. The fourth-order valence-electron chi connectivity index (χ4n) is 7.66. The number of benzene rings is 2. The van der Waals surface area contributed by atoms with E-state index < -0.39 is 0 Å². The minimum atomic E-state index is 0.517. The van der Waals surface area contributed by atoms with Crippen LogP contribution >= 0.6 is 0 Å². The molecule has 6 rings (SSSR count). The Labute approximate surface area is 212 Å². The maximum atomic E-state index is 5.38. The van der Waals surface area contributed by atoms with Gasteiger partial charge >= 0.3 is 0 Å². The maximum Gasteiger partial charge on any atom is 0.118 e. The highest BCUT2D eigenvalue weighted by Crippen LogP contribution is 2.52. The maximum absolute atomic E-state index is 5.38. The summed E-state index contributed by atoms with van der Waals surface area (Å²) in [5.41, 5.74) is 5.30. The average molecular weight is 474 g/mol. The van der Waals surface area contributed by atoms with E-state index in [-0.39, 0.29) is 0 Å². The molecule has 2 heterocycles. The van der Waals surface area contributed by atoms with Crippen molar-refractivity contribution in [2.75, 3.05) is 39.8 Å². The van der Waals surface area contributed by atoms with Crippen molar-refractivity contribution < 1.29 is 4.74 Å². The van der Waals surface area contributed by atoms with Gasteiger partial charge < -0.3 is 10.1 Å². The Morgan fingerprint density at radius 3 is 2.34 bits per heavy atom. The van der Waals surface area contributed by atoms with Crippen LogP contribution in [0.4, 0.5) is 0 Å². The van der Waals surface area contributed by atoms with E-state index in [2.05, 4.69) is 63.6 Å². The first-order chi connectivity index (χ1) is 17.2. The summed E-state index contributed by atoms with van der Waals surface area (Å²) in [5.74, 6) is 1.71. The van der Waals surface area contributed by atoms with E-state index in [9.17, 15) is 0 Å². The van der Waals surface area contributed by atoms with Crippen LogP contribution in [-0.4, -0.2) is 55.7 Å². The molecule has 1 atom stereocenters. The van der Waals surface area contributed by atoms with Crippen molar-refractivity contribution in [1.29, 1.82) is 0 Å². The van der Waals surface area contributed by atoms with Gasteiger partial charge in [0, 0.05) is 38.3 Å². The van der Waals surface area contributed by atoms with E-state index in [1.165, 1.54) is 83.1 Å². The van der Waals surface area contributed by atoms with Crippen LogP contribution in [-0.2, 0) is 6.54 Å². The van der Waals surface area contributed by atoms with Crippen molar-refractivity contribution in [3.63, 3.8) is 0 Å². The molecular weight excluding hydrogens is 430 g/mol. The van der Waals surface area contributed by atoms with Gasteiger partial charge in [0.05, 0.1) is 7.11 Å². The second-order valence-corrected chi connectivity index (χ2v) is 11.8. The molecule has 2 aliphatic carbocycles. The predicted octanol–water partition coefficient (Wildman–Crippen LogP) is 5.74. The molecule has 4 nitrogen and oxygen atoms in total. The van der Waals surface area contributed by atoms with Crippen molar-refractivity contribution in [2.24, 2.45) is 5.41 Å². The second kappa shape index (κ2) is 10.2. The summed E-state index contributed by atoms with van der Waals surface area (Å²) in [6.45, 7) is 6.96. The van der Waals surface area contributed by atoms with Crippen LogP contribution < -0.4 is 10.1 Å². The molecule has 2 aliphatic heterocycles. The number of piperidine rings is 1. The topological polar surface area (TPSA) is 27.7 Å². The molecule has 0 amide bonds. The van der Waals surface area contributed by atoms with Gasteiger partial charge in [-0.25, -0.2) is 0 Å². The zero-order valence-corrected chi connectivity index (χ0v) is 21.6. The first-order valence-corrected chi connectivity index (χ1v) is 14.1. The van der Waals surface area contributed by atoms with Crippen molar-refractivity contribution in [1.82, 2.24) is 15.1 Å². The summed E-state index contributed by atoms with van der Waals surface area (Å²) in [5, 5.41) is 3.58. The number of nitrogens with one attached hydrogen (secondary N) is 1. The van der Waals surface area contributed by atoms with Gasteiger partial charge in [-0.15, -0.1) is 0 Å². The van der Waals surface area contributed by atoms with Gasteiger partial charge in [0.25, 0.3) is 0 Å². The molecule has 1 spiro atoms.